The molecule has 0 saturated heterocycles. The number of hydrogen-bond acceptors (Lipinski definition) is 6. The number of nitrogens with zero attached hydrogens (tertiary/aromatic N) is 2. The average Bonchev–Trinajstić information content (AvgIpc) is 3.35. The van der Waals surface area contributed by atoms with Gasteiger partial charge in [0.1, 0.15) is 10.0 Å². The maximum absolute atomic E-state index is 11.0. The zero-order valence-electron chi connectivity index (χ0n) is 15.2. The molecule has 6 nitrogen and oxygen atoms in total. The molecule has 0 radical (unpaired) electrons. The third kappa shape index (κ3) is 3.22. The van der Waals surface area contributed by atoms with Crippen molar-refractivity contribution in [2.45, 2.75) is 0 Å². The predicted molar refractivity (Wildman–Crippen MR) is 118 cm³/mol. The van der Waals surface area contributed by atoms with Crippen molar-refractivity contribution in [3.63, 3.8) is 0 Å². The molecule has 5 rings (SSSR count). The van der Waals surface area contributed by atoms with E-state index >= 15 is 0 Å². The lowest BCUT2D eigenvalue weighted by molar-refractivity contribution is 0.0686. The Morgan fingerprint density at radius 3 is 1.33 bits per heavy atom. The van der Waals surface area contributed by atoms with Gasteiger partial charge in [0.25, 0.3) is 0 Å². The Labute approximate surface area is 177 Å². The third-order valence-corrected chi connectivity index (χ3v) is 6.79. The van der Waals surface area contributed by atoms with Crippen LogP contribution in [-0.4, -0.2) is 32.1 Å². The van der Waals surface area contributed by atoms with Crippen molar-refractivity contribution in [1.82, 2.24) is 9.97 Å². The van der Waals surface area contributed by atoms with Gasteiger partial charge in [0, 0.05) is 11.1 Å². The molecule has 0 aliphatic carbocycles. The van der Waals surface area contributed by atoms with Crippen molar-refractivity contribution in [1.29, 1.82) is 0 Å². The highest BCUT2D eigenvalue weighted by Crippen LogP contribution is 2.36. The van der Waals surface area contributed by atoms with Crippen LogP contribution in [0.4, 0.5) is 0 Å². The standard InChI is InChI=1S/C22H12N2O4S2/c25-21(26)13-5-1-11(2-6-13)19-23-15-9-18-16(10-17(15)29-19)24-20(30-18)12-3-7-14(8-4-12)22(27)28/h1-10H,(H,25,26)(H,27,28). The average molecular weight is 432 g/mol. The molecule has 5 aromatic rings. The molecule has 8 heteroatoms. The van der Waals surface area contributed by atoms with Crippen molar-refractivity contribution in [3.8, 4) is 21.1 Å². The first-order valence-electron chi connectivity index (χ1n) is 8.86. The van der Waals surface area contributed by atoms with Crippen molar-refractivity contribution in [3.05, 3.63) is 71.8 Å². The van der Waals surface area contributed by atoms with Crippen LogP contribution in [0.2, 0.25) is 0 Å². The number of carbonyl (C=O) groups is 2. The van der Waals surface area contributed by atoms with Crippen LogP contribution in [0, 0.1) is 0 Å². The van der Waals surface area contributed by atoms with Gasteiger partial charge in [-0.3, -0.25) is 0 Å². The molecule has 0 fully saturated rings. The highest BCUT2D eigenvalue weighted by atomic mass is 32.1. The Bertz CT molecular complexity index is 1280. The summed E-state index contributed by atoms with van der Waals surface area (Å²) in [4.78, 5) is 31.5. The van der Waals surface area contributed by atoms with Crippen LogP contribution >= 0.6 is 22.7 Å². The second-order valence-corrected chi connectivity index (χ2v) is 8.65. The van der Waals surface area contributed by atoms with E-state index in [-0.39, 0.29) is 11.1 Å². The summed E-state index contributed by atoms with van der Waals surface area (Å²) in [7, 11) is 0. The number of thiazole rings is 2. The summed E-state index contributed by atoms with van der Waals surface area (Å²) in [5.74, 6) is -1.91. The smallest absolute Gasteiger partial charge is 0.335 e. The molecule has 3 aromatic carbocycles. The topological polar surface area (TPSA) is 100 Å². The van der Waals surface area contributed by atoms with Gasteiger partial charge in [0.2, 0.25) is 0 Å². The molecule has 0 unspecified atom stereocenters. The maximum Gasteiger partial charge on any atom is 0.335 e. The highest BCUT2D eigenvalue weighted by Gasteiger charge is 2.13. The monoisotopic (exact) mass is 432 g/mol. The number of aromatic nitrogens is 2. The van der Waals surface area contributed by atoms with Gasteiger partial charge in [-0.2, -0.15) is 0 Å². The summed E-state index contributed by atoms with van der Waals surface area (Å²) in [5, 5.41) is 19.7. The summed E-state index contributed by atoms with van der Waals surface area (Å²) >= 11 is 3.06. The summed E-state index contributed by atoms with van der Waals surface area (Å²) in [6.45, 7) is 0. The van der Waals surface area contributed by atoms with Gasteiger partial charge >= 0.3 is 11.9 Å². The number of hydrogen-bond donors (Lipinski definition) is 2. The van der Waals surface area contributed by atoms with Gasteiger partial charge in [-0.25, -0.2) is 19.6 Å². The number of carboxylic acids is 2. The van der Waals surface area contributed by atoms with E-state index in [1.807, 2.05) is 12.1 Å². The van der Waals surface area contributed by atoms with E-state index < -0.39 is 11.9 Å². The van der Waals surface area contributed by atoms with Gasteiger partial charge in [-0.1, -0.05) is 24.3 Å². The van der Waals surface area contributed by atoms with Crippen LogP contribution in [0.1, 0.15) is 20.7 Å². The number of carboxylic acid groups (broad SMARTS) is 2. The molecule has 0 atom stereocenters. The Balaban J connectivity index is 1.51. The number of fused-ring (bicyclic) bond motifs is 2. The van der Waals surface area contributed by atoms with E-state index in [1.54, 1.807) is 48.5 Å². The van der Waals surface area contributed by atoms with E-state index in [4.69, 9.17) is 20.2 Å². The van der Waals surface area contributed by atoms with Gasteiger partial charge < -0.3 is 10.2 Å². The van der Waals surface area contributed by atoms with Gasteiger partial charge in [0.05, 0.1) is 31.6 Å². The zero-order valence-corrected chi connectivity index (χ0v) is 16.8. The van der Waals surface area contributed by atoms with E-state index in [0.29, 0.717) is 0 Å². The Kier molecular flexibility index (Phi) is 4.30. The highest BCUT2D eigenvalue weighted by molar-refractivity contribution is 7.23. The quantitative estimate of drug-likeness (QED) is 0.381. The molecule has 0 amide bonds. The molecule has 2 heterocycles. The molecule has 146 valence electrons. The van der Waals surface area contributed by atoms with Crippen molar-refractivity contribution < 1.29 is 19.8 Å². The normalized spacial score (nSPS) is 11.2. The first kappa shape index (κ1) is 18.4. The molecule has 2 N–H and O–H groups in total. The summed E-state index contributed by atoms with van der Waals surface area (Å²) in [6, 6.07) is 17.4. The van der Waals surface area contributed by atoms with Crippen LogP contribution in [-0.2, 0) is 0 Å². The van der Waals surface area contributed by atoms with Crippen LogP contribution in [0.15, 0.2) is 60.7 Å². The fourth-order valence-electron chi connectivity index (χ4n) is 3.11. The maximum atomic E-state index is 11.0. The Hall–Kier alpha value is -3.62. The molecule has 2 aromatic heterocycles. The van der Waals surface area contributed by atoms with E-state index in [1.165, 1.54) is 22.7 Å². The van der Waals surface area contributed by atoms with Crippen molar-refractivity contribution >= 4 is 55.0 Å². The molecule has 0 saturated carbocycles. The Morgan fingerprint density at radius 2 is 1.00 bits per heavy atom. The van der Waals surface area contributed by atoms with Crippen LogP contribution in [0.3, 0.4) is 0 Å². The molecule has 30 heavy (non-hydrogen) atoms. The number of rotatable bonds is 4. The fraction of sp³-hybridized carbons (Fsp3) is 0. The lowest BCUT2D eigenvalue weighted by atomic mass is 10.1. The predicted octanol–water partition coefficient (Wildman–Crippen LogP) is 5.64. The van der Waals surface area contributed by atoms with E-state index in [0.717, 1.165) is 41.6 Å². The van der Waals surface area contributed by atoms with Crippen LogP contribution in [0.25, 0.3) is 41.6 Å². The minimum atomic E-state index is -0.953. The van der Waals surface area contributed by atoms with Crippen LogP contribution < -0.4 is 0 Å². The minimum absolute atomic E-state index is 0.244. The summed E-state index contributed by atoms with van der Waals surface area (Å²) in [6.07, 6.45) is 0. The summed E-state index contributed by atoms with van der Waals surface area (Å²) in [5.41, 5.74) is 3.96. The van der Waals surface area contributed by atoms with Crippen LogP contribution in [0.5, 0.6) is 0 Å². The lowest BCUT2D eigenvalue weighted by Crippen LogP contribution is -1.94. The second kappa shape index (κ2) is 7.01. The van der Waals surface area contributed by atoms with Crippen molar-refractivity contribution in [2.24, 2.45) is 0 Å². The Morgan fingerprint density at radius 1 is 0.633 bits per heavy atom. The molecule has 0 aliphatic heterocycles. The molecule has 0 bridgehead atoms. The molecule has 0 aliphatic rings. The largest absolute Gasteiger partial charge is 0.478 e. The summed E-state index contributed by atoms with van der Waals surface area (Å²) < 4.78 is 2.00. The second-order valence-electron chi connectivity index (χ2n) is 6.59. The van der Waals surface area contributed by atoms with Crippen molar-refractivity contribution in [2.75, 3.05) is 0 Å². The van der Waals surface area contributed by atoms with Gasteiger partial charge in [-0.15, -0.1) is 22.7 Å². The van der Waals surface area contributed by atoms with E-state index in [2.05, 4.69) is 0 Å². The van der Waals surface area contributed by atoms with Gasteiger partial charge in [-0.05, 0) is 36.4 Å². The first-order chi connectivity index (χ1) is 14.5. The first-order valence-corrected chi connectivity index (χ1v) is 10.5. The van der Waals surface area contributed by atoms with Gasteiger partial charge in [0.15, 0.2) is 0 Å². The number of benzene rings is 3. The molecule has 0 spiro atoms. The minimum Gasteiger partial charge on any atom is -0.478 e. The zero-order chi connectivity index (χ0) is 20.8. The fourth-order valence-corrected chi connectivity index (χ4v) is 5.08. The number of aromatic carboxylic acids is 2. The molecular weight excluding hydrogens is 420 g/mol. The third-order valence-electron chi connectivity index (χ3n) is 4.66. The molecular formula is C22H12N2O4S2. The van der Waals surface area contributed by atoms with E-state index in [9.17, 15) is 9.59 Å². The SMILES string of the molecule is O=C(O)c1ccc(-c2nc3cc4sc(-c5ccc(C(=O)O)cc5)nc4cc3s2)cc1. The lowest BCUT2D eigenvalue weighted by Gasteiger charge is -1.97.